The van der Waals surface area contributed by atoms with Crippen molar-refractivity contribution >= 4 is 26.6 Å². The Morgan fingerprint density at radius 1 is 1.08 bits per heavy atom. The number of aromatic amines is 1. The summed E-state index contributed by atoms with van der Waals surface area (Å²) < 4.78 is 48.9. The van der Waals surface area contributed by atoms with Crippen LogP contribution in [0.4, 0.5) is 14.5 Å². The summed E-state index contributed by atoms with van der Waals surface area (Å²) in [6, 6.07) is 13.4. The predicted octanol–water partition coefficient (Wildman–Crippen LogP) is 3.60. The van der Waals surface area contributed by atoms with Crippen LogP contribution in [0.1, 0.15) is 12.2 Å². The fourth-order valence-corrected chi connectivity index (χ4v) is 3.47. The lowest BCUT2D eigenvalue weighted by Gasteiger charge is -2.11. The number of anilines is 1. The van der Waals surface area contributed by atoms with Crippen LogP contribution >= 0.6 is 0 Å². The molecule has 0 aliphatic heterocycles. The van der Waals surface area contributed by atoms with Gasteiger partial charge in [0.2, 0.25) is 9.84 Å². The number of hydrogen-bond acceptors (Lipinski definition) is 4. The van der Waals surface area contributed by atoms with Gasteiger partial charge in [0.1, 0.15) is 5.82 Å². The summed E-state index contributed by atoms with van der Waals surface area (Å²) in [5, 5.41) is 2.92. The third-order valence-corrected chi connectivity index (χ3v) is 5.21. The Morgan fingerprint density at radius 2 is 1.80 bits per heavy atom. The van der Waals surface area contributed by atoms with Crippen molar-refractivity contribution in [2.45, 2.75) is 23.5 Å². The lowest BCUT2D eigenvalue weighted by Crippen LogP contribution is -2.15. The van der Waals surface area contributed by atoms with Crippen molar-refractivity contribution in [3.8, 4) is 0 Å². The molecule has 3 aromatic rings. The number of benzene rings is 2. The molecular formula is C17H17F2N3O2S. The zero-order valence-electron chi connectivity index (χ0n) is 13.2. The molecule has 0 radical (unpaired) electrons. The Morgan fingerprint density at radius 3 is 2.56 bits per heavy atom. The van der Waals surface area contributed by atoms with E-state index in [1.807, 2.05) is 24.3 Å². The zero-order chi connectivity index (χ0) is 17.9. The highest BCUT2D eigenvalue weighted by Gasteiger charge is 2.28. The summed E-state index contributed by atoms with van der Waals surface area (Å²) in [4.78, 5) is 7.29. The number of imidazole rings is 1. The Kier molecular flexibility index (Phi) is 4.98. The molecule has 0 fully saturated rings. The van der Waals surface area contributed by atoms with Gasteiger partial charge in [0.25, 0.3) is 0 Å². The predicted molar refractivity (Wildman–Crippen MR) is 92.5 cm³/mol. The molecule has 25 heavy (non-hydrogen) atoms. The molecule has 1 aromatic heterocycles. The van der Waals surface area contributed by atoms with Gasteiger partial charge in [-0.25, -0.2) is 13.4 Å². The summed E-state index contributed by atoms with van der Waals surface area (Å²) in [5.74, 6) is -2.61. The zero-order valence-corrected chi connectivity index (χ0v) is 14.1. The number of sulfone groups is 1. The minimum absolute atomic E-state index is 0.187. The first-order valence-electron chi connectivity index (χ1n) is 7.77. The Labute approximate surface area is 144 Å². The highest BCUT2D eigenvalue weighted by molar-refractivity contribution is 7.91. The Balaban J connectivity index is 1.63. The average Bonchev–Trinajstić information content (AvgIpc) is 3.01. The van der Waals surface area contributed by atoms with Gasteiger partial charge in [-0.05, 0) is 30.7 Å². The number of nitrogens with one attached hydrogen (secondary N) is 2. The number of aryl methyl sites for hydroxylation is 1. The van der Waals surface area contributed by atoms with Crippen LogP contribution in [0.3, 0.4) is 0 Å². The maximum Gasteiger partial charge on any atom is 0.341 e. The van der Waals surface area contributed by atoms with Gasteiger partial charge in [0.15, 0.2) is 0 Å². The number of para-hydroxylation sites is 3. The molecule has 5 nitrogen and oxygen atoms in total. The number of nitrogens with zero attached hydrogens (tertiary/aromatic N) is 1. The first-order chi connectivity index (χ1) is 12.0. The van der Waals surface area contributed by atoms with Crippen molar-refractivity contribution in [3.05, 3.63) is 54.4 Å². The molecule has 2 aromatic carbocycles. The molecule has 0 spiro atoms. The standard InChI is InChI=1S/C17H17F2N3O2S/c18-17(19)25(23,24)15-9-4-3-8-14(15)20-11-5-10-16-21-12-6-1-2-7-13(12)22-16/h1-4,6-9,17,20H,5,10-11H2,(H,21,22). The van der Waals surface area contributed by atoms with Gasteiger partial charge in [-0.3, -0.25) is 0 Å². The van der Waals surface area contributed by atoms with Crippen LogP contribution in [0.5, 0.6) is 0 Å². The maximum atomic E-state index is 12.8. The second-order valence-corrected chi connectivity index (χ2v) is 7.42. The second kappa shape index (κ2) is 7.18. The first kappa shape index (κ1) is 17.3. The lowest BCUT2D eigenvalue weighted by atomic mass is 10.2. The molecule has 0 amide bonds. The quantitative estimate of drug-likeness (QED) is 0.627. The van der Waals surface area contributed by atoms with Crippen molar-refractivity contribution in [3.63, 3.8) is 0 Å². The summed E-state index contributed by atoms with van der Waals surface area (Å²) in [7, 11) is -4.63. The number of fused-ring (bicyclic) bond motifs is 1. The molecular weight excluding hydrogens is 348 g/mol. The van der Waals surface area contributed by atoms with E-state index in [1.54, 1.807) is 6.07 Å². The topological polar surface area (TPSA) is 74.8 Å². The fourth-order valence-electron chi connectivity index (χ4n) is 2.56. The summed E-state index contributed by atoms with van der Waals surface area (Å²) in [5.41, 5.74) is 2.03. The molecule has 0 aliphatic carbocycles. The number of rotatable bonds is 7. The molecule has 0 aliphatic rings. The van der Waals surface area contributed by atoms with Gasteiger partial charge < -0.3 is 10.3 Å². The van der Waals surface area contributed by atoms with E-state index in [2.05, 4.69) is 15.3 Å². The molecule has 2 N–H and O–H groups in total. The van der Waals surface area contributed by atoms with Gasteiger partial charge in [0.05, 0.1) is 21.6 Å². The van der Waals surface area contributed by atoms with E-state index >= 15 is 0 Å². The third-order valence-electron chi connectivity index (χ3n) is 3.77. The Hall–Kier alpha value is -2.48. The van der Waals surface area contributed by atoms with E-state index in [0.29, 0.717) is 19.4 Å². The molecule has 0 unspecified atom stereocenters. The van der Waals surface area contributed by atoms with E-state index in [0.717, 1.165) is 16.9 Å². The van der Waals surface area contributed by atoms with Crippen LogP contribution in [-0.2, 0) is 16.3 Å². The van der Waals surface area contributed by atoms with E-state index in [-0.39, 0.29) is 10.6 Å². The molecule has 0 saturated heterocycles. The third kappa shape index (κ3) is 3.79. The van der Waals surface area contributed by atoms with Crippen LogP contribution in [0.25, 0.3) is 11.0 Å². The molecule has 0 bridgehead atoms. The second-order valence-electron chi connectivity index (χ2n) is 5.53. The summed E-state index contributed by atoms with van der Waals surface area (Å²) >= 11 is 0. The largest absolute Gasteiger partial charge is 0.384 e. The smallest absolute Gasteiger partial charge is 0.341 e. The van der Waals surface area contributed by atoms with Crippen molar-refractivity contribution in [1.82, 2.24) is 9.97 Å². The minimum atomic E-state index is -4.63. The first-order valence-corrected chi connectivity index (χ1v) is 9.31. The number of H-pyrrole nitrogens is 1. The van der Waals surface area contributed by atoms with Gasteiger partial charge in [-0.2, -0.15) is 8.78 Å². The minimum Gasteiger partial charge on any atom is -0.384 e. The van der Waals surface area contributed by atoms with Crippen molar-refractivity contribution < 1.29 is 17.2 Å². The monoisotopic (exact) mass is 365 g/mol. The van der Waals surface area contributed by atoms with Crippen LogP contribution in [0.2, 0.25) is 0 Å². The lowest BCUT2D eigenvalue weighted by molar-refractivity contribution is 0.235. The van der Waals surface area contributed by atoms with Crippen LogP contribution < -0.4 is 5.32 Å². The highest BCUT2D eigenvalue weighted by atomic mass is 32.2. The van der Waals surface area contributed by atoms with E-state index in [1.165, 1.54) is 18.2 Å². The van der Waals surface area contributed by atoms with Crippen molar-refractivity contribution in [1.29, 1.82) is 0 Å². The Bertz CT molecular complexity index is 938. The van der Waals surface area contributed by atoms with E-state index < -0.39 is 15.6 Å². The van der Waals surface area contributed by atoms with Crippen LogP contribution in [-0.4, -0.2) is 30.7 Å². The SMILES string of the molecule is O=S(=O)(c1ccccc1NCCCc1nc2ccccc2[nH]1)C(F)F. The number of hydrogen-bond donors (Lipinski definition) is 2. The maximum absolute atomic E-state index is 12.8. The molecule has 1 heterocycles. The summed E-state index contributed by atoms with van der Waals surface area (Å²) in [6.45, 7) is 0.437. The fraction of sp³-hybridized carbons (Fsp3) is 0.235. The van der Waals surface area contributed by atoms with Gasteiger partial charge in [0, 0.05) is 13.0 Å². The van der Waals surface area contributed by atoms with Gasteiger partial charge >= 0.3 is 5.76 Å². The molecule has 0 atom stereocenters. The number of alkyl halides is 2. The van der Waals surface area contributed by atoms with Gasteiger partial charge in [-0.1, -0.05) is 24.3 Å². The van der Waals surface area contributed by atoms with E-state index in [9.17, 15) is 17.2 Å². The summed E-state index contributed by atoms with van der Waals surface area (Å²) in [6.07, 6.45) is 1.33. The van der Waals surface area contributed by atoms with E-state index in [4.69, 9.17) is 0 Å². The molecule has 0 saturated carbocycles. The number of aromatic nitrogens is 2. The average molecular weight is 365 g/mol. The van der Waals surface area contributed by atoms with Crippen molar-refractivity contribution in [2.75, 3.05) is 11.9 Å². The van der Waals surface area contributed by atoms with Gasteiger partial charge in [-0.15, -0.1) is 0 Å². The number of halogens is 2. The van der Waals surface area contributed by atoms with Crippen molar-refractivity contribution in [2.24, 2.45) is 0 Å². The van der Waals surface area contributed by atoms with Crippen LogP contribution in [0.15, 0.2) is 53.4 Å². The molecule has 8 heteroatoms. The normalized spacial score (nSPS) is 12.0. The molecule has 3 rings (SSSR count). The molecule has 132 valence electrons. The van der Waals surface area contributed by atoms with Crippen LogP contribution in [0, 0.1) is 0 Å². The highest BCUT2D eigenvalue weighted by Crippen LogP contribution is 2.26.